The Kier molecular flexibility index (Phi) is 2.63. The lowest BCUT2D eigenvalue weighted by atomic mass is 10.4. The van der Waals surface area contributed by atoms with Crippen molar-refractivity contribution in [2.75, 3.05) is 0 Å². The van der Waals surface area contributed by atoms with Crippen molar-refractivity contribution in [1.82, 2.24) is 24.9 Å². The predicted octanol–water partition coefficient (Wildman–Crippen LogP) is 1.18. The Bertz CT molecular complexity index is 511. The summed E-state index contributed by atoms with van der Waals surface area (Å²) < 4.78 is 7.52. The topological polar surface area (TPSA) is 72.5 Å². The molecule has 0 fully saturated rings. The number of hydrogen-bond donors (Lipinski definition) is 1. The van der Waals surface area contributed by atoms with Gasteiger partial charge in [-0.05, 0) is 26.1 Å². The van der Waals surface area contributed by atoms with Gasteiger partial charge in [0.2, 0.25) is 5.89 Å². The van der Waals surface area contributed by atoms with E-state index in [0.717, 1.165) is 5.82 Å². The van der Waals surface area contributed by atoms with Gasteiger partial charge in [0.15, 0.2) is 10.6 Å². The fourth-order valence-corrected chi connectivity index (χ4v) is 1.58. The molecular weight excluding hydrogens is 214 g/mol. The van der Waals surface area contributed by atoms with E-state index >= 15 is 0 Å². The van der Waals surface area contributed by atoms with Crippen LogP contribution >= 0.6 is 12.2 Å². The zero-order chi connectivity index (χ0) is 10.8. The summed E-state index contributed by atoms with van der Waals surface area (Å²) in [7, 11) is 0. The molecule has 6 nitrogen and oxygen atoms in total. The van der Waals surface area contributed by atoms with Gasteiger partial charge in [-0.1, -0.05) is 5.16 Å². The van der Waals surface area contributed by atoms with Crippen LogP contribution in [0.4, 0.5) is 0 Å². The summed E-state index contributed by atoms with van der Waals surface area (Å²) in [5.74, 6) is 2.13. The molecule has 15 heavy (non-hydrogen) atoms. The van der Waals surface area contributed by atoms with Crippen LogP contribution in [0, 0.1) is 18.6 Å². The number of H-pyrrole nitrogens is 1. The minimum absolute atomic E-state index is 0.615. The average Bonchev–Trinajstić information content (AvgIpc) is 2.73. The van der Waals surface area contributed by atoms with Crippen LogP contribution in [0.3, 0.4) is 0 Å². The molecule has 2 aromatic rings. The fourth-order valence-electron chi connectivity index (χ4n) is 1.31. The number of nitrogens with zero attached hydrogens (tertiary/aromatic N) is 4. The minimum Gasteiger partial charge on any atom is -0.339 e. The molecule has 2 aromatic heterocycles. The van der Waals surface area contributed by atoms with Crippen LogP contribution in [-0.2, 0) is 13.0 Å². The second kappa shape index (κ2) is 3.93. The number of hydrogen-bond acceptors (Lipinski definition) is 5. The molecule has 0 spiro atoms. The molecule has 0 unspecified atom stereocenters. The zero-order valence-corrected chi connectivity index (χ0v) is 9.34. The molecule has 1 N–H and O–H groups in total. The molecule has 80 valence electrons. The Morgan fingerprint density at radius 3 is 2.80 bits per heavy atom. The smallest absolute Gasteiger partial charge is 0.228 e. The molecule has 0 aliphatic heterocycles. The summed E-state index contributed by atoms with van der Waals surface area (Å²) in [6.45, 7) is 4.38. The summed E-state index contributed by atoms with van der Waals surface area (Å²) in [4.78, 5) is 4.11. The highest BCUT2D eigenvalue weighted by molar-refractivity contribution is 7.71. The van der Waals surface area contributed by atoms with Gasteiger partial charge in [-0.25, -0.2) is 0 Å². The monoisotopic (exact) mass is 225 g/mol. The summed E-state index contributed by atoms with van der Waals surface area (Å²) in [6, 6.07) is 0. The van der Waals surface area contributed by atoms with E-state index in [1.54, 1.807) is 6.92 Å². The van der Waals surface area contributed by atoms with Gasteiger partial charge in [0.05, 0.1) is 0 Å². The van der Waals surface area contributed by atoms with Gasteiger partial charge in [0.1, 0.15) is 5.82 Å². The van der Waals surface area contributed by atoms with E-state index in [4.69, 9.17) is 16.7 Å². The molecule has 0 aromatic carbocycles. The van der Waals surface area contributed by atoms with Crippen molar-refractivity contribution in [3.63, 3.8) is 0 Å². The molecule has 0 bridgehead atoms. The Hall–Kier alpha value is -1.50. The maximum Gasteiger partial charge on any atom is 0.228 e. The van der Waals surface area contributed by atoms with Crippen molar-refractivity contribution in [2.24, 2.45) is 0 Å². The number of aryl methyl sites for hydroxylation is 3. The molecule has 0 atom stereocenters. The van der Waals surface area contributed by atoms with Gasteiger partial charge in [-0.2, -0.15) is 10.1 Å². The van der Waals surface area contributed by atoms with E-state index in [0.29, 0.717) is 29.5 Å². The van der Waals surface area contributed by atoms with Gasteiger partial charge in [0.25, 0.3) is 0 Å². The third kappa shape index (κ3) is 2.12. The number of aromatic nitrogens is 5. The molecule has 7 heteroatoms. The molecule has 0 aliphatic carbocycles. The lowest BCUT2D eigenvalue weighted by Crippen LogP contribution is -2.03. The quantitative estimate of drug-likeness (QED) is 0.794. The first kappa shape index (κ1) is 10.0. The van der Waals surface area contributed by atoms with Gasteiger partial charge < -0.3 is 9.09 Å². The molecule has 0 saturated carbocycles. The third-order valence-electron chi connectivity index (χ3n) is 2.07. The SMILES string of the molecule is Cc1noc(CCn2c(C)n[nH]c2=S)n1. The first-order valence-electron chi connectivity index (χ1n) is 4.58. The van der Waals surface area contributed by atoms with Crippen molar-refractivity contribution in [2.45, 2.75) is 26.8 Å². The lowest BCUT2D eigenvalue weighted by molar-refractivity contribution is 0.367. The number of aromatic amines is 1. The van der Waals surface area contributed by atoms with Crippen LogP contribution in [0.5, 0.6) is 0 Å². The van der Waals surface area contributed by atoms with Crippen molar-refractivity contribution in [3.8, 4) is 0 Å². The maximum atomic E-state index is 5.07. The second-order valence-electron chi connectivity index (χ2n) is 3.21. The maximum absolute atomic E-state index is 5.07. The van der Waals surface area contributed by atoms with Crippen LogP contribution in [-0.4, -0.2) is 24.9 Å². The summed E-state index contributed by atoms with van der Waals surface area (Å²) >= 11 is 5.07. The molecule has 2 rings (SSSR count). The van der Waals surface area contributed by atoms with Crippen LogP contribution in [0.1, 0.15) is 17.5 Å². The Morgan fingerprint density at radius 1 is 1.47 bits per heavy atom. The Morgan fingerprint density at radius 2 is 2.27 bits per heavy atom. The average molecular weight is 225 g/mol. The molecule has 0 radical (unpaired) electrons. The molecule has 2 heterocycles. The van der Waals surface area contributed by atoms with Crippen molar-refractivity contribution in [1.29, 1.82) is 0 Å². The van der Waals surface area contributed by atoms with Crippen molar-refractivity contribution in [3.05, 3.63) is 22.3 Å². The number of nitrogens with one attached hydrogen (secondary N) is 1. The normalized spacial score (nSPS) is 10.8. The standard InChI is InChI=1S/C8H11N5OS/c1-5-9-7(14-12-5)3-4-13-6(2)10-11-8(13)15/h3-4H2,1-2H3,(H,11,15). The van der Waals surface area contributed by atoms with E-state index < -0.39 is 0 Å². The highest BCUT2D eigenvalue weighted by atomic mass is 32.1. The third-order valence-corrected chi connectivity index (χ3v) is 2.38. The van der Waals surface area contributed by atoms with E-state index in [9.17, 15) is 0 Å². The highest BCUT2D eigenvalue weighted by Gasteiger charge is 2.05. The summed E-state index contributed by atoms with van der Waals surface area (Å²) in [5.41, 5.74) is 0. The molecule has 0 aliphatic rings. The van der Waals surface area contributed by atoms with E-state index in [1.165, 1.54) is 0 Å². The zero-order valence-electron chi connectivity index (χ0n) is 8.52. The molecule has 0 saturated heterocycles. The summed E-state index contributed by atoms with van der Waals surface area (Å²) in [5, 5.41) is 10.5. The summed E-state index contributed by atoms with van der Waals surface area (Å²) in [6.07, 6.45) is 0.662. The van der Waals surface area contributed by atoms with Crippen molar-refractivity contribution >= 4 is 12.2 Å². The molecule has 0 amide bonds. The highest BCUT2D eigenvalue weighted by Crippen LogP contribution is 2.02. The van der Waals surface area contributed by atoms with E-state index in [1.807, 2.05) is 11.5 Å². The largest absolute Gasteiger partial charge is 0.339 e. The van der Waals surface area contributed by atoms with Crippen LogP contribution in [0.15, 0.2) is 4.52 Å². The van der Waals surface area contributed by atoms with Crippen LogP contribution in [0.2, 0.25) is 0 Å². The molecular formula is C8H11N5OS. The predicted molar refractivity (Wildman–Crippen MR) is 54.9 cm³/mol. The van der Waals surface area contributed by atoms with Gasteiger partial charge in [-0.15, -0.1) is 0 Å². The van der Waals surface area contributed by atoms with Crippen LogP contribution < -0.4 is 0 Å². The van der Waals surface area contributed by atoms with E-state index in [2.05, 4.69) is 20.3 Å². The Balaban J connectivity index is 2.08. The van der Waals surface area contributed by atoms with Gasteiger partial charge in [-0.3, -0.25) is 5.10 Å². The first-order valence-corrected chi connectivity index (χ1v) is 4.98. The fraction of sp³-hybridized carbons (Fsp3) is 0.500. The number of rotatable bonds is 3. The van der Waals surface area contributed by atoms with Gasteiger partial charge >= 0.3 is 0 Å². The first-order chi connectivity index (χ1) is 7.16. The minimum atomic E-state index is 0.615. The lowest BCUT2D eigenvalue weighted by Gasteiger charge is -1.99. The van der Waals surface area contributed by atoms with Crippen LogP contribution in [0.25, 0.3) is 0 Å². The van der Waals surface area contributed by atoms with Gasteiger partial charge in [0, 0.05) is 13.0 Å². The van der Waals surface area contributed by atoms with Crippen molar-refractivity contribution < 1.29 is 4.52 Å². The Labute approximate surface area is 91.3 Å². The van der Waals surface area contributed by atoms with E-state index in [-0.39, 0.29) is 0 Å². The second-order valence-corrected chi connectivity index (χ2v) is 3.60.